The van der Waals surface area contributed by atoms with E-state index in [0.717, 1.165) is 18.9 Å². The second-order valence-electron chi connectivity index (χ2n) is 3.96. The molecule has 0 aliphatic carbocycles. The summed E-state index contributed by atoms with van der Waals surface area (Å²) < 4.78 is 0. The van der Waals surface area contributed by atoms with Gasteiger partial charge in [0.1, 0.15) is 5.82 Å². The number of pyridine rings is 1. The van der Waals surface area contributed by atoms with Gasteiger partial charge in [-0.3, -0.25) is 0 Å². The minimum absolute atomic E-state index is 0.693. The van der Waals surface area contributed by atoms with Crippen LogP contribution < -0.4 is 11.1 Å². The summed E-state index contributed by atoms with van der Waals surface area (Å²) in [5.41, 5.74) is 7.00. The van der Waals surface area contributed by atoms with Gasteiger partial charge in [0, 0.05) is 6.20 Å². The molecule has 2 rings (SSSR count). The van der Waals surface area contributed by atoms with Crippen LogP contribution in [-0.4, -0.2) is 18.1 Å². The van der Waals surface area contributed by atoms with Crippen molar-refractivity contribution in [1.82, 2.24) is 10.3 Å². The van der Waals surface area contributed by atoms with Gasteiger partial charge in [-0.1, -0.05) is 6.07 Å². The van der Waals surface area contributed by atoms with Gasteiger partial charge < -0.3 is 11.1 Å². The summed E-state index contributed by atoms with van der Waals surface area (Å²) in [4.78, 5) is 4.10. The Balaban J connectivity index is 1.99. The number of nitrogens with zero attached hydrogens (tertiary/aromatic N) is 1. The van der Waals surface area contributed by atoms with Crippen LogP contribution in [0, 0.1) is 5.92 Å². The van der Waals surface area contributed by atoms with E-state index < -0.39 is 0 Å². The van der Waals surface area contributed by atoms with E-state index in [2.05, 4.69) is 16.4 Å². The Labute approximate surface area is 84.7 Å². The summed E-state index contributed by atoms with van der Waals surface area (Å²) in [5.74, 6) is 1.42. The second kappa shape index (κ2) is 4.42. The lowest BCUT2D eigenvalue weighted by Gasteiger charge is -2.22. The first kappa shape index (κ1) is 9.46. The first-order valence-corrected chi connectivity index (χ1v) is 5.26. The standard InChI is InChI=1S/C11H17N3/c12-11-10(4-2-6-14-11)7-9-3-1-5-13-8-9/h2,4,6,9,13H,1,3,5,7-8H2,(H2,12,14). The Morgan fingerprint density at radius 3 is 3.21 bits per heavy atom. The van der Waals surface area contributed by atoms with E-state index >= 15 is 0 Å². The molecule has 0 aromatic carbocycles. The number of nitrogen functional groups attached to an aromatic ring is 1. The molecule has 14 heavy (non-hydrogen) atoms. The van der Waals surface area contributed by atoms with Crippen LogP contribution >= 0.6 is 0 Å². The summed E-state index contributed by atoms with van der Waals surface area (Å²) in [6.45, 7) is 2.29. The lowest BCUT2D eigenvalue weighted by molar-refractivity contribution is 0.376. The highest BCUT2D eigenvalue weighted by atomic mass is 14.9. The first-order chi connectivity index (χ1) is 6.86. The zero-order valence-electron chi connectivity index (χ0n) is 8.37. The van der Waals surface area contributed by atoms with Crippen LogP contribution in [0.2, 0.25) is 0 Å². The SMILES string of the molecule is Nc1ncccc1CC1CCCNC1. The smallest absolute Gasteiger partial charge is 0.126 e. The van der Waals surface area contributed by atoms with E-state index in [-0.39, 0.29) is 0 Å². The van der Waals surface area contributed by atoms with Gasteiger partial charge in [0.25, 0.3) is 0 Å². The van der Waals surface area contributed by atoms with E-state index in [4.69, 9.17) is 5.73 Å². The minimum Gasteiger partial charge on any atom is -0.383 e. The lowest BCUT2D eigenvalue weighted by Crippen LogP contribution is -2.31. The molecule has 3 nitrogen and oxygen atoms in total. The van der Waals surface area contributed by atoms with Gasteiger partial charge in [-0.05, 0) is 49.9 Å². The third kappa shape index (κ3) is 2.23. The van der Waals surface area contributed by atoms with Crippen LogP contribution in [0.3, 0.4) is 0 Å². The molecule has 0 amide bonds. The molecule has 76 valence electrons. The Bertz CT molecular complexity index is 292. The number of piperidine rings is 1. The quantitative estimate of drug-likeness (QED) is 0.738. The molecule has 3 heteroatoms. The van der Waals surface area contributed by atoms with Crippen LogP contribution in [0.5, 0.6) is 0 Å². The third-order valence-electron chi connectivity index (χ3n) is 2.83. The van der Waals surface area contributed by atoms with E-state index in [0.29, 0.717) is 5.82 Å². The third-order valence-corrected chi connectivity index (χ3v) is 2.83. The summed E-state index contributed by atoms with van der Waals surface area (Å²) in [6, 6.07) is 4.04. The van der Waals surface area contributed by atoms with Gasteiger partial charge in [-0.15, -0.1) is 0 Å². The zero-order valence-corrected chi connectivity index (χ0v) is 8.37. The van der Waals surface area contributed by atoms with Crippen molar-refractivity contribution in [3.8, 4) is 0 Å². The molecule has 1 atom stereocenters. The van der Waals surface area contributed by atoms with E-state index in [1.807, 2.05) is 6.07 Å². The molecule has 0 radical (unpaired) electrons. The van der Waals surface area contributed by atoms with Crippen LogP contribution in [0.1, 0.15) is 18.4 Å². The monoisotopic (exact) mass is 191 g/mol. The van der Waals surface area contributed by atoms with Crippen LogP contribution in [0.4, 0.5) is 5.82 Å². The average Bonchev–Trinajstić information content (AvgIpc) is 2.23. The predicted molar refractivity (Wildman–Crippen MR) is 57.9 cm³/mol. The van der Waals surface area contributed by atoms with Gasteiger partial charge in [-0.25, -0.2) is 4.98 Å². The number of nitrogens with two attached hydrogens (primary N) is 1. The van der Waals surface area contributed by atoms with Crippen molar-refractivity contribution in [2.75, 3.05) is 18.8 Å². The average molecular weight is 191 g/mol. The largest absolute Gasteiger partial charge is 0.383 e. The van der Waals surface area contributed by atoms with Gasteiger partial charge in [0.15, 0.2) is 0 Å². The highest BCUT2D eigenvalue weighted by Crippen LogP contribution is 2.18. The lowest BCUT2D eigenvalue weighted by atomic mass is 9.93. The van der Waals surface area contributed by atoms with Crippen molar-refractivity contribution in [2.24, 2.45) is 5.92 Å². The van der Waals surface area contributed by atoms with Crippen molar-refractivity contribution in [2.45, 2.75) is 19.3 Å². The number of nitrogens with one attached hydrogen (secondary N) is 1. The summed E-state index contributed by atoms with van der Waals surface area (Å²) in [7, 11) is 0. The highest BCUT2D eigenvalue weighted by Gasteiger charge is 2.14. The summed E-state index contributed by atoms with van der Waals surface area (Å²) >= 11 is 0. The molecule has 1 unspecified atom stereocenters. The highest BCUT2D eigenvalue weighted by molar-refractivity contribution is 5.38. The van der Waals surface area contributed by atoms with Crippen molar-refractivity contribution in [3.63, 3.8) is 0 Å². The maximum absolute atomic E-state index is 5.81. The first-order valence-electron chi connectivity index (χ1n) is 5.26. The fraction of sp³-hybridized carbons (Fsp3) is 0.545. The van der Waals surface area contributed by atoms with Gasteiger partial charge >= 0.3 is 0 Å². The maximum atomic E-state index is 5.81. The van der Waals surface area contributed by atoms with Crippen molar-refractivity contribution < 1.29 is 0 Å². The number of rotatable bonds is 2. The number of anilines is 1. The minimum atomic E-state index is 0.693. The Morgan fingerprint density at radius 1 is 1.57 bits per heavy atom. The molecule has 1 aliphatic heterocycles. The van der Waals surface area contributed by atoms with Crippen LogP contribution in [-0.2, 0) is 6.42 Å². The molecule has 0 spiro atoms. The van der Waals surface area contributed by atoms with Crippen molar-refractivity contribution in [3.05, 3.63) is 23.9 Å². The molecule has 1 aromatic heterocycles. The maximum Gasteiger partial charge on any atom is 0.126 e. The van der Waals surface area contributed by atoms with Gasteiger partial charge in [0.2, 0.25) is 0 Å². The number of hydrogen-bond acceptors (Lipinski definition) is 3. The summed E-state index contributed by atoms with van der Waals surface area (Å²) in [5, 5.41) is 3.41. The number of aromatic nitrogens is 1. The molecule has 0 bridgehead atoms. The van der Waals surface area contributed by atoms with E-state index in [9.17, 15) is 0 Å². The molecule has 1 aromatic rings. The zero-order chi connectivity index (χ0) is 9.80. The fourth-order valence-electron chi connectivity index (χ4n) is 2.03. The molecule has 1 saturated heterocycles. The molecular weight excluding hydrogens is 174 g/mol. The molecular formula is C11H17N3. The fourth-order valence-corrected chi connectivity index (χ4v) is 2.03. The molecule has 0 saturated carbocycles. The Hall–Kier alpha value is -1.09. The van der Waals surface area contributed by atoms with Crippen molar-refractivity contribution >= 4 is 5.82 Å². The second-order valence-corrected chi connectivity index (χ2v) is 3.96. The van der Waals surface area contributed by atoms with Gasteiger partial charge in [-0.2, -0.15) is 0 Å². The van der Waals surface area contributed by atoms with Gasteiger partial charge in [0.05, 0.1) is 0 Å². The molecule has 2 heterocycles. The predicted octanol–water partition coefficient (Wildman–Crippen LogP) is 1.21. The topological polar surface area (TPSA) is 50.9 Å². The normalized spacial score (nSPS) is 22.1. The summed E-state index contributed by atoms with van der Waals surface area (Å²) in [6.07, 6.45) is 5.40. The van der Waals surface area contributed by atoms with E-state index in [1.165, 1.54) is 24.9 Å². The Morgan fingerprint density at radius 2 is 2.50 bits per heavy atom. The van der Waals surface area contributed by atoms with E-state index in [1.54, 1.807) is 6.20 Å². The van der Waals surface area contributed by atoms with Crippen molar-refractivity contribution in [1.29, 1.82) is 0 Å². The number of hydrogen-bond donors (Lipinski definition) is 2. The molecule has 1 fully saturated rings. The molecule has 3 N–H and O–H groups in total. The van der Waals surface area contributed by atoms with Crippen LogP contribution in [0.25, 0.3) is 0 Å². The Kier molecular flexibility index (Phi) is 2.99. The molecule has 1 aliphatic rings. The van der Waals surface area contributed by atoms with Crippen LogP contribution in [0.15, 0.2) is 18.3 Å².